The van der Waals surface area contributed by atoms with Crippen molar-refractivity contribution in [2.45, 2.75) is 12.5 Å². The number of pyridine rings is 1. The highest BCUT2D eigenvalue weighted by Crippen LogP contribution is 2.31. The number of aromatic nitrogens is 1. The van der Waals surface area contributed by atoms with E-state index in [0.29, 0.717) is 36.4 Å². The fourth-order valence-electron chi connectivity index (χ4n) is 2.28. The lowest BCUT2D eigenvalue weighted by atomic mass is 10.1. The van der Waals surface area contributed by atoms with Crippen molar-refractivity contribution in [2.24, 2.45) is 10.9 Å². The van der Waals surface area contributed by atoms with Crippen LogP contribution in [0.25, 0.3) is 11.1 Å². The zero-order chi connectivity index (χ0) is 15.4. The van der Waals surface area contributed by atoms with Crippen LogP contribution in [0.2, 0.25) is 0 Å². The van der Waals surface area contributed by atoms with Gasteiger partial charge < -0.3 is 15.3 Å². The third-order valence-corrected chi connectivity index (χ3v) is 3.39. The van der Waals surface area contributed by atoms with Gasteiger partial charge in [0.1, 0.15) is 12.4 Å². The Morgan fingerprint density at radius 1 is 1.23 bits per heavy atom. The van der Waals surface area contributed by atoms with Crippen LogP contribution in [0.15, 0.2) is 47.8 Å². The van der Waals surface area contributed by atoms with Crippen LogP contribution in [0, 0.1) is 5.95 Å². The summed E-state index contributed by atoms with van der Waals surface area (Å²) in [7, 11) is 0. The van der Waals surface area contributed by atoms with Crippen LogP contribution in [0.1, 0.15) is 6.42 Å². The lowest BCUT2D eigenvalue weighted by molar-refractivity contribution is 0.0472. The molecule has 0 aliphatic carbocycles. The first kappa shape index (κ1) is 14.5. The molecule has 6 heteroatoms. The summed E-state index contributed by atoms with van der Waals surface area (Å²) in [5.41, 5.74) is 7.40. The first-order chi connectivity index (χ1) is 10.8. The van der Waals surface area contributed by atoms with E-state index in [-0.39, 0.29) is 6.10 Å². The van der Waals surface area contributed by atoms with E-state index in [4.69, 9.17) is 15.3 Å². The number of para-hydroxylation sites is 1. The second kappa shape index (κ2) is 6.53. The van der Waals surface area contributed by atoms with Crippen molar-refractivity contribution in [3.8, 4) is 16.9 Å². The monoisotopic (exact) mass is 301 g/mol. The van der Waals surface area contributed by atoms with Gasteiger partial charge in [0, 0.05) is 30.3 Å². The molecule has 2 aromatic rings. The molecule has 1 aliphatic heterocycles. The molecule has 5 nitrogen and oxygen atoms in total. The van der Waals surface area contributed by atoms with E-state index in [0.717, 1.165) is 5.71 Å². The summed E-state index contributed by atoms with van der Waals surface area (Å²) in [4.78, 5) is 8.92. The molecule has 2 heterocycles. The molecule has 114 valence electrons. The van der Waals surface area contributed by atoms with Crippen LogP contribution in [-0.2, 0) is 4.84 Å². The van der Waals surface area contributed by atoms with Gasteiger partial charge in [-0.2, -0.15) is 4.39 Å². The highest BCUT2D eigenvalue weighted by atomic mass is 19.1. The van der Waals surface area contributed by atoms with Gasteiger partial charge in [0.25, 0.3) is 0 Å². The maximum Gasteiger partial charge on any atom is 0.220 e. The van der Waals surface area contributed by atoms with E-state index in [1.54, 1.807) is 24.3 Å². The molecule has 1 aromatic heterocycles. The molecule has 0 spiro atoms. The van der Waals surface area contributed by atoms with E-state index in [1.165, 1.54) is 6.20 Å². The Labute approximate surface area is 127 Å². The number of oxime groups is 1. The molecule has 22 heavy (non-hydrogen) atoms. The molecule has 0 saturated heterocycles. The van der Waals surface area contributed by atoms with Gasteiger partial charge in [0.2, 0.25) is 5.95 Å². The van der Waals surface area contributed by atoms with Gasteiger partial charge in [0.05, 0.1) is 5.71 Å². The summed E-state index contributed by atoms with van der Waals surface area (Å²) in [6.07, 6.45) is 1.91. The summed E-state index contributed by atoms with van der Waals surface area (Å²) >= 11 is 0. The predicted octanol–water partition coefficient (Wildman–Crippen LogP) is 2.37. The van der Waals surface area contributed by atoms with Gasteiger partial charge in [-0.3, -0.25) is 0 Å². The summed E-state index contributed by atoms with van der Waals surface area (Å²) in [5, 5.41) is 3.88. The van der Waals surface area contributed by atoms with E-state index < -0.39 is 5.95 Å². The molecule has 1 unspecified atom stereocenters. The standard InChI is InChI=1S/C16H16FN3O2/c17-16-14(5-3-7-19-16)13-4-1-2-6-15(13)21-10-12-8-11(9-18)20-22-12/h1-7,12H,8-10,18H2. The highest BCUT2D eigenvalue weighted by molar-refractivity contribution is 5.87. The zero-order valence-electron chi connectivity index (χ0n) is 11.9. The Balaban J connectivity index is 1.74. The summed E-state index contributed by atoms with van der Waals surface area (Å²) in [5.74, 6) is 0.0589. The van der Waals surface area contributed by atoms with E-state index in [2.05, 4.69) is 10.1 Å². The molecule has 0 radical (unpaired) electrons. The second-order valence-corrected chi connectivity index (χ2v) is 4.94. The smallest absolute Gasteiger partial charge is 0.220 e. The Hall–Kier alpha value is -2.47. The van der Waals surface area contributed by atoms with Crippen molar-refractivity contribution in [1.82, 2.24) is 4.98 Å². The lowest BCUT2D eigenvalue weighted by Crippen LogP contribution is -2.20. The van der Waals surface area contributed by atoms with Crippen molar-refractivity contribution in [3.63, 3.8) is 0 Å². The number of halogens is 1. The van der Waals surface area contributed by atoms with Gasteiger partial charge in [-0.25, -0.2) is 4.98 Å². The van der Waals surface area contributed by atoms with Crippen molar-refractivity contribution in [3.05, 3.63) is 48.5 Å². The number of hydrogen-bond donors (Lipinski definition) is 1. The second-order valence-electron chi connectivity index (χ2n) is 4.94. The molecule has 2 N–H and O–H groups in total. The van der Waals surface area contributed by atoms with Crippen molar-refractivity contribution >= 4 is 5.71 Å². The minimum absolute atomic E-state index is 0.162. The SMILES string of the molecule is NCC1=NOC(COc2ccccc2-c2cccnc2F)C1. The minimum Gasteiger partial charge on any atom is -0.489 e. The summed E-state index contributed by atoms with van der Waals surface area (Å²) in [6, 6.07) is 10.6. The average molecular weight is 301 g/mol. The number of hydrogen-bond acceptors (Lipinski definition) is 5. The number of ether oxygens (including phenoxy) is 1. The normalized spacial score (nSPS) is 17.0. The van der Waals surface area contributed by atoms with Gasteiger partial charge in [0.15, 0.2) is 6.10 Å². The molecule has 3 rings (SSSR count). The minimum atomic E-state index is -0.524. The first-order valence-electron chi connectivity index (χ1n) is 7.02. The highest BCUT2D eigenvalue weighted by Gasteiger charge is 2.21. The van der Waals surface area contributed by atoms with Gasteiger partial charge in [-0.1, -0.05) is 23.4 Å². The number of nitrogens with two attached hydrogens (primary N) is 1. The molecule has 0 fully saturated rings. The molecule has 1 atom stereocenters. The van der Waals surface area contributed by atoms with Gasteiger partial charge >= 0.3 is 0 Å². The third-order valence-electron chi connectivity index (χ3n) is 3.39. The van der Waals surface area contributed by atoms with Crippen LogP contribution in [-0.4, -0.2) is 30.0 Å². The molecular weight excluding hydrogens is 285 g/mol. The average Bonchev–Trinajstić information content (AvgIpc) is 3.02. The predicted molar refractivity (Wildman–Crippen MR) is 81.1 cm³/mol. The molecule has 0 amide bonds. The van der Waals surface area contributed by atoms with Crippen molar-refractivity contribution in [1.29, 1.82) is 0 Å². The maximum atomic E-state index is 13.9. The Bertz CT molecular complexity index is 691. The summed E-state index contributed by atoms with van der Waals surface area (Å²) < 4.78 is 19.7. The number of benzene rings is 1. The van der Waals surface area contributed by atoms with E-state index >= 15 is 0 Å². The Morgan fingerprint density at radius 3 is 2.82 bits per heavy atom. The van der Waals surface area contributed by atoms with E-state index in [9.17, 15) is 4.39 Å². The van der Waals surface area contributed by atoms with Crippen LogP contribution >= 0.6 is 0 Å². The Morgan fingerprint density at radius 2 is 2.05 bits per heavy atom. The molecule has 1 aliphatic rings. The Kier molecular flexibility index (Phi) is 4.29. The molecule has 0 saturated carbocycles. The summed E-state index contributed by atoms with van der Waals surface area (Å²) in [6.45, 7) is 0.708. The van der Waals surface area contributed by atoms with Crippen LogP contribution in [0.4, 0.5) is 4.39 Å². The zero-order valence-corrected chi connectivity index (χ0v) is 11.9. The van der Waals surface area contributed by atoms with Gasteiger partial charge in [-0.05, 0) is 18.2 Å². The lowest BCUT2D eigenvalue weighted by Gasteiger charge is -2.14. The van der Waals surface area contributed by atoms with Crippen LogP contribution < -0.4 is 10.5 Å². The van der Waals surface area contributed by atoms with Crippen molar-refractivity contribution < 1.29 is 14.0 Å². The molecular formula is C16H16FN3O2. The molecule has 0 bridgehead atoms. The van der Waals surface area contributed by atoms with E-state index in [1.807, 2.05) is 12.1 Å². The number of nitrogens with zero attached hydrogens (tertiary/aromatic N) is 2. The third kappa shape index (κ3) is 3.07. The molecule has 1 aromatic carbocycles. The fourth-order valence-corrected chi connectivity index (χ4v) is 2.28. The van der Waals surface area contributed by atoms with Crippen molar-refractivity contribution in [2.75, 3.05) is 13.2 Å². The largest absolute Gasteiger partial charge is 0.489 e. The fraction of sp³-hybridized carbons (Fsp3) is 0.250. The van der Waals surface area contributed by atoms with Gasteiger partial charge in [-0.15, -0.1) is 0 Å². The van der Waals surface area contributed by atoms with Crippen LogP contribution in [0.3, 0.4) is 0 Å². The number of rotatable bonds is 5. The first-order valence-corrected chi connectivity index (χ1v) is 7.02. The van der Waals surface area contributed by atoms with Crippen LogP contribution in [0.5, 0.6) is 5.75 Å². The quantitative estimate of drug-likeness (QED) is 0.861. The maximum absolute atomic E-state index is 13.9. The topological polar surface area (TPSA) is 69.7 Å².